The molecule has 7 nitrogen and oxygen atoms in total. The van der Waals surface area contributed by atoms with Crippen LogP contribution in [0.5, 0.6) is 0 Å². The molecule has 0 spiro atoms. The van der Waals surface area contributed by atoms with Crippen LogP contribution in [0.2, 0.25) is 0 Å². The molecule has 0 atom stereocenters. The third kappa shape index (κ3) is 3.77. The average Bonchev–Trinajstić information content (AvgIpc) is 3.32. The van der Waals surface area contributed by atoms with Crippen molar-refractivity contribution in [1.29, 1.82) is 0 Å². The standard InChI is InChI=1S/C18H19F2N5O2S/c1-11-22-14(10-28-11)13-8-12-15(2-3-21-17(12)23-13)24-4-6-25(7-5-24)18(26)27-9-16(19)20/h2-3,8,10,16H,4-7,9H2,1H3,(H,21,23). The molecule has 1 aliphatic heterocycles. The van der Waals surface area contributed by atoms with Gasteiger partial charge in [0.25, 0.3) is 6.43 Å². The minimum absolute atomic E-state index is 0.411. The molecule has 4 rings (SSSR count). The number of ether oxygens (including phenoxy) is 1. The van der Waals surface area contributed by atoms with Crippen LogP contribution in [0.15, 0.2) is 23.7 Å². The molecule has 1 saturated heterocycles. The van der Waals surface area contributed by atoms with Gasteiger partial charge in [0.15, 0.2) is 6.61 Å². The number of H-pyrrole nitrogens is 1. The van der Waals surface area contributed by atoms with Crippen molar-refractivity contribution < 1.29 is 18.3 Å². The number of aryl methyl sites for hydroxylation is 1. The summed E-state index contributed by atoms with van der Waals surface area (Å²) in [6.45, 7) is 3.08. The van der Waals surface area contributed by atoms with Gasteiger partial charge in [-0.1, -0.05) is 0 Å². The maximum Gasteiger partial charge on any atom is 0.410 e. The van der Waals surface area contributed by atoms with Gasteiger partial charge < -0.3 is 19.5 Å². The van der Waals surface area contributed by atoms with E-state index in [0.717, 1.165) is 33.1 Å². The van der Waals surface area contributed by atoms with Gasteiger partial charge in [-0.05, 0) is 19.1 Å². The fourth-order valence-electron chi connectivity index (χ4n) is 3.27. The van der Waals surface area contributed by atoms with Gasteiger partial charge in [-0.3, -0.25) is 0 Å². The molecule has 3 aromatic rings. The molecule has 0 radical (unpaired) electrons. The van der Waals surface area contributed by atoms with Crippen LogP contribution >= 0.6 is 11.3 Å². The Balaban J connectivity index is 1.49. The summed E-state index contributed by atoms with van der Waals surface area (Å²) >= 11 is 1.59. The zero-order valence-corrected chi connectivity index (χ0v) is 16.0. The van der Waals surface area contributed by atoms with Crippen molar-refractivity contribution in [2.75, 3.05) is 37.7 Å². The molecule has 0 bridgehead atoms. The highest BCUT2D eigenvalue weighted by atomic mass is 32.1. The molecule has 0 unspecified atom stereocenters. The Morgan fingerprint density at radius 3 is 2.82 bits per heavy atom. The lowest BCUT2D eigenvalue weighted by Crippen LogP contribution is -2.49. The van der Waals surface area contributed by atoms with Crippen molar-refractivity contribution in [2.24, 2.45) is 0 Å². The Bertz CT molecular complexity index is 981. The predicted molar refractivity (Wildman–Crippen MR) is 103 cm³/mol. The third-order valence-electron chi connectivity index (χ3n) is 4.62. The molecule has 4 heterocycles. The number of hydrogen-bond donors (Lipinski definition) is 1. The molecule has 148 valence electrons. The van der Waals surface area contributed by atoms with E-state index in [1.807, 2.05) is 24.4 Å². The van der Waals surface area contributed by atoms with Crippen LogP contribution in [-0.2, 0) is 4.74 Å². The molecule has 0 saturated carbocycles. The first kappa shape index (κ1) is 18.6. The Hall–Kier alpha value is -2.75. The first-order valence-electron chi connectivity index (χ1n) is 8.86. The summed E-state index contributed by atoms with van der Waals surface area (Å²) in [4.78, 5) is 27.7. The highest BCUT2D eigenvalue weighted by Gasteiger charge is 2.24. The van der Waals surface area contributed by atoms with Gasteiger partial charge in [-0.25, -0.2) is 23.5 Å². The van der Waals surface area contributed by atoms with Gasteiger partial charge in [0, 0.05) is 48.8 Å². The van der Waals surface area contributed by atoms with Crippen LogP contribution in [0, 0.1) is 6.92 Å². The normalized spacial score (nSPS) is 14.9. The molecule has 1 amide bonds. The van der Waals surface area contributed by atoms with Crippen LogP contribution in [0.3, 0.4) is 0 Å². The highest BCUT2D eigenvalue weighted by Crippen LogP contribution is 2.31. The predicted octanol–water partition coefficient (Wildman–Crippen LogP) is 3.52. The van der Waals surface area contributed by atoms with Crippen LogP contribution in [-0.4, -0.2) is 65.2 Å². The number of carbonyl (C=O) groups is 1. The number of anilines is 1. The SMILES string of the molecule is Cc1nc(-c2cc3c(N4CCN(C(=O)OCC(F)F)CC4)ccnc3[nH]2)cs1. The molecule has 0 aromatic carbocycles. The maximum atomic E-state index is 12.2. The Morgan fingerprint density at radius 1 is 1.36 bits per heavy atom. The number of nitrogens with one attached hydrogen (secondary N) is 1. The van der Waals surface area contributed by atoms with Crippen molar-refractivity contribution in [1.82, 2.24) is 19.9 Å². The van der Waals surface area contributed by atoms with Gasteiger partial charge >= 0.3 is 6.09 Å². The highest BCUT2D eigenvalue weighted by molar-refractivity contribution is 7.09. The van der Waals surface area contributed by atoms with Gasteiger partial charge in [0.05, 0.1) is 16.4 Å². The molecular weight excluding hydrogens is 388 g/mol. The summed E-state index contributed by atoms with van der Waals surface area (Å²) in [6, 6.07) is 3.98. The fourth-order valence-corrected chi connectivity index (χ4v) is 3.88. The Labute approximate surface area is 163 Å². The van der Waals surface area contributed by atoms with Crippen molar-refractivity contribution in [3.63, 3.8) is 0 Å². The second kappa shape index (κ2) is 7.70. The molecule has 0 aliphatic carbocycles. The molecule has 28 heavy (non-hydrogen) atoms. The number of aromatic nitrogens is 3. The van der Waals surface area contributed by atoms with Gasteiger partial charge in [-0.15, -0.1) is 11.3 Å². The summed E-state index contributed by atoms with van der Waals surface area (Å²) in [6.07, 6.45) is -1.60. The molecule has 3 aromatic heterocycles. The van der Waals surface area contributed by atoms with E-state index < -0.39 is 19.1 Å². The lowest BCUT2D eigenvalue weighted by Gasteiger charge is -2.35. The number of pyridine rings is 1. The number of piperazine rings is 1. The molecule has 1 fully saturated rings. The number of halogens is 2. The van der Waals surface area contributed by atoms with E-state index in [9.17, 15) is 13.6 Å². The first-order valence-corrected chi connectivity index (χ1v) is 9.74. The van der Waals surface area contributed by atoms with E-state index in [-0.39, 0.29) is 0 Å². The van der Waals surface area contributed by atoms with Crippen molar-refractivity contribution in [3.05, 3.63) is 28.7 Å². The minimum Gasteiger partial charge on any atom is -0.443 e. The summed E-state index contributed by atoms with van der Waals surface area (Å²) in [5.74, 6) is 0. The maximum absolute atomic E-state index is 12.2. The van der Waals surface area contributed by atoms with Gasteiger partial charge in [-0.2, -0.15) is 0 Å². The summed E-state index contributed by atoms with van der Waals surface area (Å²) in [7, 11) is 0. The Kier molecular flexibility index (Phi) is 5.12. The average molecular weight is 407 g/mol. The van der Waals surface area contributed by atoms with Gasteiger partial charge in [0.1, 0.15) is 5.65 Å². The smallest absolute Gasteiger partial charge is 0.410 e. The summed E-state index contributed by atoms with van der Waals surface area (Å²) in [5.41, 5.74) is 3.59. The van der Waals surface area contributed by atoms with Crippen molar-refractivity contribution >= 4 is 34.2 Å². The van der Waals surface area contributed by atoms with Crippen LogP contribution in [0.4, 0.5) is 19.3 Å². The minimum atomic E-state index is -2.65. The topological polar surface area (TPSA) is 74.3 Å². The molecule has 1 N–H and O–H groups in total. The number of hydrogen-bond acceptors (Lipinski definition) is 6. The number of aromatic amines is 1. The third-order valence-corrected chi connectivity index (χ3v) is 5.39. The van der Waals surface area contributed by atoms with Gasteiger partial charge in [0.2, 0.25) is 0 Å². The quantitative estimate of drug-likeness (QED) is 0.716. The van der Waals surface area contributed by atoms with E-state index in [2.05, 4.69) is 24.6 Å². The summed E-state index contributed by atoms with van der Waals surface area (Å²) < 4.78 is 29.0. The van der Waals surface area contributed by atoms with E-state index in [4.69, 9.17) is 0 Å². The number of nitrogens with zero attached hydrogens (tertiary/aromatic N) is 4. The van der Waals surface area contributed by atoms with E-state index in [0.29, 0.717) is 26.2 Å². The second-order valence-electron chi connectivity index (χ2n) is 6.47. The van der Waals surface area contributed by atoms with E-state index >= 15 is 0 Å². The van der Waals surface area contributed by atoms with Crippen LogP contribution in [0.1, 0.15) is 5.01 Å². The zero-order chi connectivity index (χ0) is 19.7. The second-order valence-corrected chi connectivity index (χ2v) is 7.53. The number of rotatable bonds is 4. The number of amides is 1. The monoisotopic (exact) mass is 407 g/mol. The van der Waals surface area contributed by atoms with Crippen LogP contribution < -0.4 is 4.90 Å². The first-order chi connectivity index (χ1) is 13.5. The Morgan fingerprint density at radius 2 is 2.14 bits per heavy atom. The molecule has 1 aliphatic rings. The largest absolute Gasteiger partial charge is 0.443 e. The lowest BCUT2D eigenvalue weighted by atomic mass is 10.2. The molecule has 10 heteroatoms. The van der Waals surface area contributed by atoms with E-state index in [1.165, 1.54) is 4.90 Å². The number of alkyl halides is 2. The zero-order valence-electron chi connectivity index (χ0n) is 15.2. The van der Waals surface area contributed by atoms with Crippen molar-refractivity contribution in [2.45, 2.75) is 13.3 Å². The summed E-state index contributed by atoms with van der Waals surface area (Å²) in [5, 5.41) is 3.98. The fraction of sp³-hybridized carbons (Fsp3) is 0.389. The number of carbonyl (C=O) groups excluding carboxylic acids is 1. The number of thiazole rings is 1. The molecular formula is C18H19F2N5O2S. The van der Waals surface area contributed by atoms with Crippen molar-refractivity contribution in [3.8, 4) is 11.4 Å². The van der Waals surface area contributed by atoms with E-state index in [1.54, 1.807) is 17.5 Å². The van der Waals surface area contributed by atoms with Crippen LogP contribution in [0.25, 0.3) is 22.4 Å². The lowest BCUT2D eigenvalue weighted by molar-refractivity contribution is 0.0311. The number of fused-ring (bicyclic) bond motifs is 1.